The summed E-state index contributed by atoms with van der Waals surface area (Å²) in [5.41, 5.74) is 0. The molecule has 1 unspecified atom stereocenters. The molecule has 5 nitrogen and oxygen atoms in total. The molecule has 0 bridgehead atoms. The van der Waals surface area contributed by atoms with Crippen molar-refractivity contribution in [3.8, 4) is 0 Å². The number of rotatable bonds is 4. The van der Waals surface area contributed by atoms with E-state index in [1.165, 1.54) is 0 Å². The maximum Gasteiger partial charge on any atom is 0.158 e. The van der Waals surface area contributed by atoms with E-state index in [0.29, 0.717) is 30.2 Å². The van der Waals surface area contributed by atoms with Crippen LogP contribution in [0.15, 0.2) is 6.07 Å². The van der Waals surface area contributed by atoms with E-state index < -0.39 is 0 Å². The van der Waals surface area contributed by atoms with Crippen LogP contribution in [0.25, 0.3) is 0 Å². The van der Waals surface area contributed by atoms with Gasteiger partial charge in [-0.2, -0.15) is 0 Å². The average molecular weight is 244 g/mol. The molecule has 0 aliphatic carbocycles. The number of nitrogens with one attached hydrogen (secondary N) is 1. The summed E-state index contributed by atoms with van der Waals surface area (Å²) in [6, 6.07) is 2.01. The number of anilines is 1. The number of ether oxygens (including phenoxy) is 2. The summed E-state index contributed by atoms with van der Waals surface area (Å²) in [5.74, 6) is 1.30. The van der Waals surface area contributed by atoms with E-state index in [4.69, 9.17) is 21.1 Å². The van der Waals surface area contributed by atoms with E-state index in [9.17, 15) is 0 Å². The lowest BCUT2D eigenvalue weighted by molar-refractivity contribution is 0.178. The third kappa shape index (κ3) is 3.04. The van der Waals surface area contributed by atoms with Gasteiger partial charge in [-0.3, -0.25) is 0 Å². The number of nitrogens with zero attached hydrogens (tertiary/aromatic N) is 2. The van der Waals surface area contributed by atoms with Gasteiger partial charge in [0.25, 0.3) is 0 Å². The minimum Gasteiger partial charge on any atom is -0.379 e. The van der Waals surface area contributed by atoms with Crippen molar-refractivity contribution in [3.05, 3.63) is 17.0 Å². The maximum absolute atomic E-state index is 5.89. The minimum absolute atomic E-state index is 0.307. The van der Waals surface area contributed by atoms with Gasteiger partial charge in [0.1, 0.15) is 17.6 Å². The van der Waals surface area contributed by atoms with Crippen molar-refractivity contribution >= 4 is 17.4 Å². The zero-order chi connectivity index (χ0) is 11.4. The third-order valence-electron chi connectivity index (χ3n) is 2.30. The fourth-order valence-corrected chi connectivity index (χ4v) is 1.79. The van der Waals surface area contributed by atoms with Gasteiger partial charge in [-0.25, -0.2) is 9.97 Å². The molecular weight excluding hydrogens is 230 g/mol. The average Bonchev–Trinajstić information content (AvgIpc) is 2.70. The summed E-state index contributed by atoms with van der Waals surface area (Å²) in [5, 5.41) is 3.68. The Bertz CT molecular complexity index is 356. The van der Waals surface area contributed by atoms with E-state index in [0.717, 1.165) is 18.8 Å². The van der Waals surface area contributed by atoms with E-state index in [1.54, 1.807) is 13.2 Å². The molecule has 0 spiro atoms. The molecule has 1 N–H and O–H groups in total. The summed E-state index contributed by atoms with van der Waals surface area (Å²) < 4.78 is 10.2. The second kappa shape index (κ2) is 5.43. The van der Waals surface area contributed by atoms with Gasteiger partial charge in [-0.1, -0.05) is 11.6 Å². The van der Waals surface area contributed by atoms with E-state index in [2.05, 4.69) is 15.3 Å². The summed E-state index contributed by atoms with van der Waals surface area (Å²) in [6.07, 6.45) is 0.987. The van der Waals surface area contributed by atoms with Gasteiger partial charge in [0.2, 0.25) is 0 Å². The topological polar surface area (TPSA) is 56.3 Å². The standard InChI is InChI=1S/C10H14ClN3O2/c1-15-6-10-13-8(11)4-9(14-10)12-7-2-3-16-5-7/h4,7H,2-3,5-6H2,1H3,(H,12,13,14). The molecule has 0 amide bonds. The summed E-state index contributed by atoms with van der Waals surface area (Å²) in [7, 11) is 1.60. The van der Waals surface area contributed by atoms with Crippen LogP contribution in [-0.4, -0.2) is 36.3 Å². The zero-order valence-electron chi connectivity index (χ0n) is 9.07. The van der Waals surface area contributed by atoms with E-state index in [1.807, 2.05) is 0 Å². The first-order valence-corrected chi connectivity index (χ1v) is 5.52. The Morgan fingerprint density at radius 3 is 3.19 bits per heavy atom. The second-order valence-corrected chi connectivity index (χ2v) is 4.02. The van der Waals surface area contributed by atoms with Crippen LogP contribution in [0.2, 0.25) is 5.15 Å². The molecule has 1 atom stereocenters. The number of methoxy groups -OCH3 is 1. The first kappa shape index (κ1) is 11.6. The zero-order valence-corrected chi connectivity index (χ0v) is 9.83. The Morgan fingerprint density at radius 1 is 1.62 bits per heavy atom. The van der Waals surface area contributed by atoms with Crippen LogP contribution in [0.5, 0.6) is 0 Å². The molecule has 1 aromatic heterocycles. The van der Waals surface area contributed by atoms with Crippen LogP contribution in [0.3, 0.4) is 0 Å². The van der Waals surface area contributed by atoms with Crippen molar-refractivity contribution in [1.82, 2.24) is 9.97 Å². The fourth-order valence-electron chi connectivity index (χ4n) is 1.59. The quantitative estimate of drug-likeness (QED) is 0.812. The fraction of sp³-hybridized carbons (Fsp3) is 0.600. The number of aromatic nitrogens is 2. The maximum atomic E-state index is 5.89. The normalized spacial score (nSPS) is 20.0. The van der Waals surface area contributed by atoms with Gasteiger partial charge < -0.3 is 14.8 Å². The Morgan fingerprint density at radius 2 is 2.50 bits per heavy atom. The third-order valence-corrected chi connectivity index (χ3v) is 2.49. The Labute approximate surface area is 99.1 Å². The van der Waals surface area contributed by atoms with Gasteiger partial charge in [0, 0.05) is 19.8 Å². The number of halogens is 1. The highest BCUT2D eigenvalue weighted by Crippen LogP contribution is 2.15. The van der Waals surface area contributed by atoms with Crippen molar-refractivity contribution in [1.29, 1.82) is 0 Å². The van der Waals surface area contributed by atoms with Crippen LogP contribution >= 0.6 is 11.6 Å². The lowest BCUT2D eigenvalue weighted by Crippen LogP contribution is -2.20. The van der Waals surface area contributed by atoms with Crippen molar-refractivity contribution in [2.75, 3.05) is 25.6 Å². The minimum atomic E-state index is 0.307. The van der Waals surface area contributed by atoms with Gasteiger partial charge in [0.05, 0.1) is 12.6 Å². The van der Waals surface area contributed by atoms with E-state index >= 15 is 0 Å². The largest absolute Gasteiger partial charge is 0.379 e. The Hall–Kier alpha value is -0.910. The van der Waals surface area contributed by atoms with Gasteiger partial charge >= 0.3 is 0 Å². The number of hydrogen-bond donors (Lipinski definition) is 1. The molecule has 16 heavy (non-hydrogen) atoms. The molecule has 1 aliphatic rings. The van der Waals surface area contributed by atoms with Gasteiger partial charge in [0.15, 0.2) is 5.82 Å². The first-order valence-electron chi connectivity index (χ1n) is 5.14. The molecule has 6 heteroatoms. The monoisotopic (exact) mass is 243 g/mol. The highest BCUT2D eigenvalue weighted by molar-refractivity contribution is 6.29. The summed E-state index contributed by atoms with van der Waals surface area (Å²) in [4.78, 5) is 8.36. The second-order valence-electron chi connectivity index (χ2n) is 3.63. The summed E-state index contributed by atoms with van der Waals surface area (Å²) in [6.45, 7) is 1.86. The predicted molar refractivity (Wildman–Crippen MR) is 60.6 cm³/mol. The van der Waals surface area contributed by atoms with Crippen LogP contribution in [0, 0.1) is 0 Å². The molecule has 0 aromatic carbocycles. The smallest absolute Gasteiger partial charge is 0.158 e. The molecule has 0 saturated carbocycles. The van der Waals surface area contributed by atoms with Crippen molar-refractivity contribution < 1.29 is 9.47 Å². The highest BCUT2D eigenvalue weighted by atomic mass is 35.5. The van der Waals surface area contributed by atoms with Crippen LogP contribution in [0.1, 0.15) is 12.2 Å². The molecule has 2 rings (SSSR count). The Kier molecular flexibility index (Phi) is 3.93. The number of hydrogen-bond acceptors (Lipinski definition) is 5. The summed E-state index contributed by atoms with van der Waals surface area (Å²) >= 11 is 5.89. The van der Waals surface area contributed by atoms with Crippen molar-refractivity contribution in [2.24, 2.45) is 0 Å². The van der Waals surface area contributed by atoms with Gasteiger partial charge in [-0.15, -0.1) is 0 Å². The molecule has 1 saturated heterocycles. The molecule has 88 valence electrons. The molecule has 1 fully saturated rings. The lowest BCUT2D eigenvalue weighted by Gasteiger charge is -2.12. The van der Waals surface area contributed by atoms with Crippen LogP contribution < -0.4 is 5.32 Å². The van der Waals surface area contributed by atoms with Crippen LogP contribution in [-0.2, 0) is 16.1 Å². The van der Waals surface area contributed by atoms with Crippen LogP contribution in [0.4, 0.5) is 5.82 Å². The first-order chi connectivity index (χ1) is 7.78. The molecule has 1 aromatic rings. The van der Waals surface area contributed by atoms with Gasteiger partial charge in [-0.05, 0) is 6.42 Å². The van der Waals surface area contributed by atoms with Crippen molar-refractivity contribution in [3.63, 3.8) is 0 Å². The van der Waals surface area contributed by atoms with Crippen molar-refractivity contribution in [2.45, 2.75) is 19.1 Å². The molecule has 2 heterocycles. The van der Waals surface area contributed by atoms with E-state index in [-0.39, 0.29) is 0 Å². The molecular formula is C10H14ClN3O2. The lowest BCUT2D eigenvalue weighted by atomic mass is 10.2. The highest BCUT2D eigenvalue weighted by Gasteiger charge is 2.16. The molecule has 1 aliphatic heterocycles. The Balaban J connectivity index is 2.06. The molecule has 0 radical (unpaired) electrons. The predicted octanol–water partition coefficient (Wildman–Crippen LogP) is 1.48. The SMILES string of the molecule is COCc1nc(Cl)cc(NC2CCOC2)n1.